The second kappa shape index (κ2) is 6.19. The van der Waals surface area contributed by atoms with Crippen LogP contribution in [0.1, 0.15) is 30.0 Å². The van der Waals surface area contributed by atoms with Gasteiger partial charge in [0.05, 0.1) is 11.3 Å². The first kappa shape index (κ1) is 15.8. The second-order valence-electron chi connectivity index (χ2n) is 5.21. The molecule has 0 atom stereocenters. The zero-order valence-electron chi connectivity index (χ0n) is 11.9. The van der Waals surface area contributed by atoms with Gasteiger partial charge in [0.25, 0.3) is 5.91 Å². The van der Waals surface area contributed by atoms with Gasteiger partial charge in [-0.05, 0) is 31.0 Å². The quantitative estimate of drug-likeness (QED) is 0.892. The van der Waals surface area contributed by atoms with Crippen LogP contribution in [0.15, 0.2) is 29.6 Å². The number of aromatic nitrogens is 1. The highest BCUT2D eigenvalue weighted by atomic mass is 32.1. The average molecular weight is 342 g/mol. The molecule has 1 saturated carbocycles. The third-order valence-corrected chi connectivity index (χ3v) is 4.07. The Hall–Kier alpha value is -2.09. The fraction of sp³-hybridized carbons (Fsp3) is 0.333. The minimum Gasteiger partial charge on any atom is -0.484 e. The number of nitrogens with one attached hydrogen (secondary N) is 1. The molecule has 1 heterocycles. The van der Waals surface area contributed by atoms with Crippen molar-refractivity contribution in [3.63, 3.8) is 0 Å². The van der Waals surface area contributed by atoms with E-state index in [0.29, 0.717) is 11.0 Å². The molecule has 0 bridgehead atoms. The molecule has 1 aliphatic carbocycles. The summed E-state index contributed by atoms with van der Waals surface area (Å²) in [6, 6.07) is 4.42. The Morgan fingerprint density at radius 3 is 2.87 bits per heavy atom. The Morgan fingerprint density at radius 1 is 1.39 bits per heavy atom. The first-order valence-electron chi connectivity index (χ1n) is 6.97. The normalized spacial score (nSPS) is 14.6. The molecule has 4 nitrogen and oxygen atoms in total. The van der Waals surface area contributed by atoms with Crippen LogP contribution >= 0.6 is 11.3 Å². The number of nitrogens with zero attached hydrogens (tertiary/aromatic N) is 1. The monoisotopic (exact) mass is 342 g/mol. The standard InChI is InChI=1S/C15H13F3N2O2S/c16-15(17,18)10-2-1-3-11(6-10)22-7-13(21)20-14-19-12(8-23-14)9-4-5-9/h1-3,6,8-9H,4-5,7H2,(H,19,20,21). The molecule has 1 fully saturated rings. The summed E-state index contributed by atoms with van der Waals surface area (Å²) in [6.45, 7) is -0.375. The predicted molar refractivity (Wildman–Crippen MR) is 79.7 cm³/mol. The van der Waals surface area contributed by atoms with E-state index in [2.05, 4.69) is 10.3 Å². The lowest BCUT2D eigenvalue weighted by Crippen LogP contribution is -2.20. The molecule has 1 aromatic heterocycles. The highest BCUT2D eigenvalue weighted by molar-refractivity contribution is 7.13. The number of hydrogen-bond donors (Lipinski definition) is 1. The predicted octanol–water partition coefficient (Wildman–Crippen LogP) is 4.06. The summed E-state index contributed by atoms with van der Waals surface area (Å²) >= 11 is 1.33. The van der Waals surface area contributed by atoms with Crippen LogP contribution in [-0.4, -0.2) is 17.5 Å². The Balaban J connectivity index is 1.54. The number of carbonyl (C=O) groups excluding carboxylic acids is 1. The van der Waals surface area contributed by atoms with Crippen molar-refractivity contribution >= 4 is 22.4 Å². The first-order valence-corrected chi connectivity index (χ1v) is 7.85. The third-order valence-electron chi connectivity index (χ3n) is 3.30. The minimum atomic E-state index is -4.44. The van der Waals surface area contributed by atoms with Gasteiger partial charge in [-0.15, -0.1) is 11.3 Å². The van der Waals surface area contributed by atoms with Gasteiger partial charge in [0, 0.05) is 11.3 Å². The molecular weight excluding hydrogens is 329 g/mol. The molecule has 0 saturated heterocycles. The van der Waals surface area contributed by atoms with E-state index >= 15 is 0 Å². The summed E-state index contributed by atoms with van der Waals surface area (Å²) in [5, 5.41) is 4.96. The van der Waals surface area contributed by atoms with Crippen molar-refractivity contribution in [2.45, 2.75) is 24.9 Å². The number of benzene rings is 1. The molecule has 0 radical (unpaired) electrons. The van der Waals surface area contributed by atoms with E-state index < -0.39 is 17.6 Å². The van der Waals surface area contributed by atoms with Crippen molar-refractivity contribution in [3.8, 4) is 5.75 Å². The molecule has 0 aliphatic heterocycles. The number of amides is 1. The minimum absolute atomic E-state index is 0.00668. The number of thiazole rings is 1. The Bertz CT molecular complexity index is 711. The van der Waals surface area contributed by atoms with Crippen molar-refractivity contribution in [2.75, 3.05) is 11.9 Å². The number of ether oxygens (including phenoxy) is 1. The van der Waals surface area contributed by atoms with Crippen molar-refractivity contribution in [2.24, 2.45) is 0 Å². The van der Waals surface area contributed by atoms with Crippen LogP contribution < -0.4 is 10.1 Å². The van der Waals surface area contributed by atoms with E-state index in [9.17, 15) is 18.0 Å². The van der Waals surface area contributed by atoms with Gasteiger partial charge in [-0.1, -0.05) is 6.07 Å². The van der Waals surface area contributed by atoms with Crippen LogP contribution in [0.2, 0.25) is 0 Å². The molecule has 8 heteroatoms. The fourth-order valence-corrected chi connectivity index (χ4v) is 2.79. The fourth-order valence-electron chi connectivity index (χ4n) is 1.98. The number of alkyl halides is 3. The van der Waals surface area contributed by atoms with Crippen LogP contribution in [0.4, 0.5) is 18.3 Å². The van der Waals surface area contributed by atoms with E-state index in [1.165, 1.54) is 23.5 Å². The number of halogens is 3. The summed E-state index contributed by atoms with van der Waals surface area (Å²) in [5.74, 6) is 0.0325. The largest absolute Gasteiger partial charge is 0.484 e. The molecule has 0 spiro atoms. The highest BCUT2D eigenvalue weighted by Gasteiger charge is 2.30. The maximum Gasteiger partial charge on any atom is 0.416 e. The summed E-state index contributed by atoms with van der Waals surface area (Å²) in [7, 11) is 0. The molecule has 122 valence electrons. The Kier molecular flexibility index (Phi) is 4.25. The van der Waals surface area contributed by atoms with E-state index in [1.807, 2.05) is 5.38 Å². The van der Waals surface area contributed by atoms with Crippen LogP contribution in [0.5, 0.6) is 5.75 Å². The van der Waals surface area contributed by atoms with Crippen LogP contribution in [0.25, 0.3) is 0 Å². The van der Waals surface area contributed by atoms with Crippen molar-refractivity contribution in [1.82, 2.24) is 4.98 Å². The number of carbonyl (C=O) groups is 1. The van der Waals surface area contributed by atoms with Gasteiger partial charge in [-0.2, -0.15) is 13.2 Å². The number of rotatable bonds is 5. The van der Waals surface area contributed by atoms with Gasteiger partial charge in [0.2, 0.25) is 0 Å². The van der Waals surface area contributed by atoms with Crippen molar-refractivity contribution in [1.29, 1.82) is 0 Å². The van der Waals surface area contributed by atoms with Gasteiger partial charge in [0.15, 0.2) is 11.7 Å². The maximum atomic E-state index is 12.6. The van der Waals surface area contributed by atoms with Crippen LogP contribution in [0.3, 0.4) is 0 Å². The van der Waals surface area contributed by atoms with Gasteiger partial charge < -0.3 is 4.74 Å². The molecule has 1 aliphatic rings. The number of hydrogen-bond acceptors (Lipinski definition) is 4. The smallest absolute Gasteiger partial charge is 0.416 e. The molecule has 1 N–H and O–H groups in total. The van der Waals surface area contributed by atoms with Gasteiger partial charge in [0.1, 0.15) is 5.75 Å². The van der Waals surface area contributed by atoms with Gasteiger partial charge >= 0.3 is 6.18 Å². The highest BCUT2D eigenvalue weighted by Crippen LogP contribution is 2.40. The molecular formula is C15H13F3N2O2S. The molecule has 1 amide bonds. The lowest BCUT2D eigenvalue weighted by molar-refractivity contribution is -0.137. The summed E-state index contributed by atoms with van der Waals surface area (Å²) < 4.78 is 42.9. The topological polar surface area (TPSA) is 51.2 Å². The number of anilines is 1. The maximum absolute atomic E-state index is 12.6. The van der Waals surface area contributed by atoms with E-state index in [0.717, 1.165) is 30.7 Å². The van der Waals surface area contributed by atoms with Crippen LogP contribution in [0, 0.1) is 0 Å². The molecule has 1 aromatic carbocycles. The Morgan fingerprint density at radius 2 is 2.17 bits per heavy atom. The zero-order valence-corrected chi connectivity index (χ0v) is 12.7. The molecule has 3 rings (SSSR count). The van der Waals surface area contributed by atoms with Crippen molar-refractivity contribution < 1.29 is 22.7 Å². The average Bonchev–Trinajstić information content (AvgIpc) is 3.25. The van der Waals surface area contributed by atoms with E-state index in [-0.39, 0.29) is 12.4 Å². The zero-order chi connectivity index (χ0) is 16.4. The molecule has 23 heavy (non-hydrogen) atoms. The van der Waals surface area contributed by atoms with E-state index in [1.54, 1.807) is 0 Å². The lowest BCUT2D eigenvalue weighted by Gasteiger charge is -2.09. The van der Waals surface area contributed by atoms with E-state index in [4.69, 9.17) is 4.74 Å². The van der Waals surface area contributed by atoms with Crippen molar-refractivity contribution in [3.05, 3.63) is 40.9 Å². The Labute approximate surface area is 134 Å². The summed E-state index contributed by atoms with van der Waals surface area (Å²) in [6.07, 6.45) is -2.20. The first-order chi connectivity index (χ1) is 10.9. The summed E-state index contributed by atoms with van der Waals surface area (Å²) in [5.41, 5.74) is 0.161. The van der Waals surface area contributed by atoms with Gasteiger partial charge in [-0.3, -0.25) is 10.1 Å². The lowest BCUT2D eigenvalue weighted by atomic mass is 10.2. The third kappa shape index (κ3) is 4.22. The van der Waals surface area contributed by atoms with Crippen LogP contribution in [-0.2, 0) is 11.0 Å². The molecule has 0 unspecified atom stereocenters. The second-order valence-corrected chi connectivity index (χ2v) is 6.07. The SMILES string of the molecule is O=C(COc1cccc(C(F)(F)F)c1)Nc1nc(C2CC2)cs1. The molecule has 2 aromatic rings. The van der Waals surface area contributed by atoms with Gasteiger partial charge in [-0.25, -0.2) is 4.98 Å². The summed E-state index contributed by atoms with van der Waals surface area (Å²) in [4.78, 5) is 16.1.